The van der Waals surface area contributed by atoms with Crippen LogP contribution in [0.1, 0.15) is 20.8 Å². The largest absolute Gasteiger partial charge is 0.341 e. The summed E-state index contributed by atoms with van der Waals surface area (Å²) in [6, 6.07) is -0.387. The SMILES string of the molecule is CCN(CC)C(=O)C(C)N=C=S. The fourth-order valence-electron chi connectivity index (χ4n) is 0.934. The predicted molar refractivity (Wildman–Crippen MR) is 52.4 cm³/mol. The average Bonchev–Trinajstić information content (AvgIpc) is 2.07. The van der Waals surface area contributed by atoms with Gasteiger partial charge in [-0.1, -0.05) is 0 Å². The number of carbonyl (C=O) groups is 1. The number of amides is 1. The van der Waals surface area contributed by atoms with Crippen LogP contribution in [0.3, 0.4) is 0 Å². The van der Waals surface area contributed by atoms with Crippen LogP contribution in [0.4, 0.5) is 0 Å². The number of nitrogens with zero attached hydrogens (tertiary/aromatic N) is 2. The molecule has 0 N–H and O–H groups in total. The fraction of sp³-hybridized carbons (Fsp3) is 0.750. The highest BCUT2D eigenvalue weighted by atomic mass is 32.1. The van der Waals surface area contributed by atoms with Crippen molar-refractivity contribution in [3.8, 4) is 0 Å². The second-order valence-corrected chi connectivity index (χ2v) is 2.59. The maximum absolute atomic E-state index is 11.4. The van der Waals surface area contributed by atoms with Gasteiger partial charge in [0.15, 0.2) is 0 Å². The van der Waals surface area contributed by atoms with Crippen molar-refractivity contribution < 1.29 is 4.79 Å². The van der Waals surface area contributed by atoms with Crippen LogP contribution in [0.15, 0.2) is 4.99 Å². The van der Waals surface area contributed by atoms with E-state index in [1.807, 2.05) is 13.8 Å². The first-order valence-corrected chi connectivity index (χ1v) is 4.43. The van der Waals surface area contributed by atoms with E-state index >= 15 is 0 Å². The molecule has 0 aromatic heterocycles. The minimum Gasteiger partial charge on any atom is -0.341 e. The molecule has 0 aliphatic heterocycles. The van der Waals surface area contributed by atoms with Crippen molar-refractivity contribution in [3.05, 3.63) is 0 Å². The first kappa shape index (κ1) is 11.3. The molecular weight excluding hydrogens is 172 g/mol. The van der Waals surface area contributed by atoms with E-state index in [0.29, 0.717) is 13.1 Å². The second kappa shape index (κ2) is 5.86. The lowest BCUT2D eigenvalue weighted by atomic mass is 10.3. The van der Waals surface area contributed by atoms with E-state index in [4.69, 9.17) is 0 Å². The average molecular weight is 186 g/mol. The number of hydrogen-bond acceptors (Lipinski definition) is 3. The van der Waals surface area contributed by atoms with Gasteiger partial charge in [0.25, 0.3) is 0 Å². The summed E-state index contributed by atoms with van der Waals surface area (Å²) in [6.45, 7) is 7.03. The summed E-state index contributed by atoms with van der Waals surface area (Å²) in [5, 5.41) is 2.21. The molecule has 0 saturated carbocycles. The summed E-state index contributed by atoms with van der Waals surface area (Å²) < 4.78 is 0. The van der Waals surface area contributed by atoms with E-state index in [2.05, 4.69) is 22.4 Å². The van der Waals surface area contributed by atoms with Crippen LogP contribution in [0.5, 0.6) is 0 Å². The molecule has 12 heavy (non-hydrogen) atoms. The van der Waals surface area contributed by atoms with Crippen molar-refractivity contribution in [2.45, 2.75) is 26.8 Å². The minimum atomic E-state index is -0.387. The number of hydrogen-bond donors (Lipinski definition) is 0. The molecule has 4 heteroatoms. The lowest BCUT2D eigenvalue weighted by Gasteiger charge is -2.19. The van der Waals surface area contributed by atoms with Gasteiger partial charge in [-0.2, -0.15) is 0 Å². The Bertz CT molecular complexity index is 195. The second-order valence-electron chi connectivity index (χ2n) is 2.41. The molecule has 0 aromatic rings. The number of aliphatic imine (C=N–C) groups is 1. The Kier molecular flexibility index (Phi) is 5.51. The van der Waals surface area contributed by atoms with Crippen LogP contribution < -0.4 is 0 Å². The Morgan fingerprint density at radius 2 is 2.08 bits per heavy atom. The smallest absolute Gasteiger partial charge is 0.247 e. The standard InChI is InChI=1S/C8H14N2OS/c1-4-10(5-2)8(11)7(3)9-6-12/h7H,4-5H2,1-3H3. The van der Waals surface area contributed by atoms with E-state index in [1.54, 1.807) is 11.8 Å². The van der Waals surface area contributed by atoms with Gasteiger partial charge in [-0.25, -0.2) is 4.99 Å². The van der Waals surface area contributed by atoms with Crippen LogP contribution in [0.2, 0.25) is 0 Å². The van der Waals surface area contributed by atoms with Crippen molar-refractivity contribution in [2.75, 3.05) is 13.1 Å². The Morgan fingerprint density at radius 3 is 2.42 bits per heavy atom. The zero-order valence-corrected chi connectivity index (χ0v) is 8.52. The molecule has 0 radical (unpaired) electrons. The van der Waals surface area contributed by atoms with Crippen LogP contribution in [-0.4, -0.2) is 35.1 Å². The number of likely N-dealkylation sites (N-methyl/N-ethyl adjacent to an activating group) is 1. The molecule has 0 aliphatic rings. The summed E-state index contributed by atoms with van der Waals surface area (Å²) in [6.07, 6.45) is 0. The predicted octanol–water partition coefficient (Wildman–Crippen LogP) is 1.35. The Labute approximate surface area is 78.5 Å². The Morgan fingerprint density at radius 1 is 1.58 bits per heavy atom. The van der Waals surface area contributed by atoms with Crippen molar-refractivity contribution in [3.63, 3.8) is 0 Å². The van der Waals surface area contributed by atoms with Crippen molar-refractivity contribution >= 4 is 23.3 Å². The molecule has 1 atom stereocenters. The summed E-state index contributed by atoms with van der Waals surface area (Å²) in [7, 11) is 0. The number of thiocarbonyl (C=S) groups is 1. The number of isothiocyanates is 1. The van der Waals surface area contributed by atoms with E-state index in [0.717, 1.165) is 0 Å². The number of rotatable bonds is 4. The Balaban J connectivity index is 4.24. The number of carbonyl (C=O) groups excluding carboxylic acids is 1. The van der Waals surface area contributed by atoms with Crippen molar-refractivity contribution in [2.24, 2.45) is 4.99 Å². The Hall–Kier alpha value is -0.730. The third-order valence-corrected chi connectivity index (χ3v) is 1.78. The zero-order valence-electron chi connectivity index (χ0n) is 7.70. The summed E-state index contributed by atoms with van der Waals surface area (Å²) in [4.78, 5) is 16.9. The van der Waals surface area contributed by atoms with Crippen LogP contribution >= 0.6 is 12.2 Å². The molecule has 0 rings (SSSR count). The molecule has 1 unspecified atom stereocenters. The lowest BCUT2D eigenvalue weighted by molar-refractivity contribution is -0.131. The maximum atomic E-state index is 11.4. The van der Waals surface area contributed by atoms with Gasteiger partial charge in [-0.3, -0.25) is 4.79 Å². The topological polar surface area (TPSA) is 32.7 Å². The van der Waals surface area contributed by atoms with Gasteiger partial charge in [0, 0.05) is 13.1 Å². The molecule has 0 aliphatic carbocycles. The highest BCUT2D eigenvalue weighted by Crippen LogP contribution is 1.97. The van der Waals surface area contributed by atoms with Gasteiger partial charge in [-0.05, 0) is 33.0 Å². The lowest BCUT2D eigenvalue weighted by Crippen LogP contribution is -2.36. The zero-order chi connectivity index (χ0) is 9.56. The monoisotopic (exact) mass is 186 g/mol. The highest BCUT2D eigenvalue weighted by molar-refractivity contribution is 7.78. The van der Waals surface area contributed by atoms with Crippen LogP contribution in [-0.2, 0) is 4.79 Å². The van der Waals surface area contributed by atoms with Gasteiger partial charge in [0.2, 0.25) is 5.91 Å². The molecule has 68 valence electrons. The molecule has 0 aromatic carbocycles. The van der Waals surface area contributed by atoms with E-state index < -0.39 is 0 Å². The van der Waals surface area contributed by atoms with Crippen molar-refractivity contribution in [1.82, 2.24) is 4.90 Å². The summed E-state index contributed by atoms with van der Waals surface area (Å²) >= 11 is 4.42. The van der Waals surface area contributed by atoms with Gasteiger partial charge in [-0.15, -0.1) is 0 Å². The molecule has 0 saturated heterocycles. The third kappa shape index (κ3) is 3.11. The van der Waals surface area contributed by atoms with Crippen LogP contribution in [0, 0.1) is 0 Å². The highest BCUT2D eigenvalue weighted by Gasteiger charge is 2.16. The minimum absolute atomic E-state index is 0.0114. The molecule has 0 fully saturated rings. The molecule has 1 amide bonds. The van der Waals surface area contributed by atoms with E-state index in [-0.39, 0.29) is 11.9 Å². The molecule has 0 bridgehead atoms. The maximum Gasteiger partial charge on any atom is 0.247 e. The van der Waals surface area contributed by atoms with E-state index in [1.165, 1.54) is 0 Å². The normalized spacial score (nSPS) is 11.6. The fourth-order valence-corrected chi connectivity index (χ4v) is 1.09. The van der Waals surface area contributed by atoms with Gasteiger partial charge in [0.1, 0.15) is 6.04 Å². The molecule has 0 heterocycles. The van der Waals surface area contributed by atoms with Crippen molar-refractivity contribution in [1.29, 1.82) is 0 Å². The molecule has 0 spiro atoms. The van der Waals surface area contributed by atoms with Gasteiger partial charge >= 0.3 is 0 Å². The van der Waals surface area contributed by atoms with Gasteiger partial charge < -0.3 is 4.90 Å². The first-order chi connectivity index (χ1) is 5.67. The first-order valence-electron chi connectivity index (χ1n) is 4.03. The molecular formula is C8H14N2OS. The van der Waals surface area contributed by atoms with Crippen LogP contribution in [0.25, 0.3) is 0 Å². The van der Waals surface area contributed by atoms with E-state index in [9.17, 15) is 4.79 Å². The quantitative estimate of drug-likeness (QED) is 0.490. The summed E-state index contributed by atoms with van der Waals surface area (Å²) in [5.41, 5.74) is 0. The molecule has 3 nitrogen and oxygen atoms in total. The van der Waals surface area contributed by atoms with Gasteiger partial charge in [0.05, 0.1) is 5.16 Å². The third-order valence-electron chi connectivity index (χ3n) is 1.68. The summed E-state index contributed by atoms with van der Waals surface area (Å²) in [5.74, 6) is 0.0114.